The van der Waals surface area contributed by atoms with Crippen molar-refractivity contribution in [2.45, 2.75) is 24.3 Å². The summed E-state index contributed by atoms with van der Waals surface area (Å²) in [5.41, 5.74) is 0.875. The van der Waals surface area contributed by atoms with Crippen LogP contribution < -0.4 is 9.47 Å². The summed E-state index contributed by atoms with van der Waals surface area (Å²) < 4.78 is 50.9. The smallest absolute Gasteiger partial charge is 0.243 e. The zero-order valence-electron chi connectivity index (χ0n) is 17.9. The summed E-state index contributed by atoms with van der Waals surface area (Å²) in [6, 6.07) is 10.2. The lowest BCUT2D eigenvalue weighted by atomic mass is 9.98. The minimum absolute atomic E-state index is 0.0284. The fourth-order valence-electron chi connectivity index (χ4n) is 3.76. The minimum atomic E-state index is -3.78. The van der Waals surface area contributed by atoms with Gasteiger partial charge in [0.05, 0.1) is 25.0 Å². The fourth-order valence-corrected chi connectivity index (χ4v) is 5.28. The number of carbonyl (C=O) groups excluding carboxylic acids is 1. The van der Waals surface area contributed by atoms with Crippen LogP contribution in [0.1, 0.15) is 18.4 Å². The number of piperidine rings is 1. The molecule has 1 saturated heterocycles. The van der Waals surface area contributed by atoms with E-state index in [-0.39, 0.29) is 17.3 Å². The Labute approximate surface area is 182 Å². The van der Waals surface area contributed by atoms with Gasteiger partial charge in [0.1, 0.15) is 5.82 Å². The van der Waals surface area contributed by atoms with Crippen molar-refractivity contribution in [2.24, 2.45) is 5.92 Å². The van der Waals surface area contributed by atoms with Gasteiger partial charge in [-0.25, -0.2) is 12.8 Å². The Bertz CT molecular complexity index is 1030. The van der Waals surface area contributed by atoms with E-state index in [4.69, 9.17) is 9.47 Å². The van der Waals surface area contributed by atoms with E-state index in [1.165, 1.54) is 16.4 Å². The van der Waals surface area contributed by atoms with E-state index in [0.717, 1.165) is 17.7 Å². The van der Waals surface area contributed by atoms with Crippen LogP contribution in [0.15, 0.2) is 47.4 Å². The van der Waals surface area contributed by atoms with Gasteiger partial charge in [0.25, 0.3) is 0 Å². The van der Waals surface area contributed by atoms with Gasteiger partial charge in [0.2, 0.25) is 15.9 Å². The molecule has 7 nitrogen and oxygen atoms in total. The van der Waals surface area contributed by atoms with Crippen LogP contribution in [-0.2, 0) is 21.4 Å². The molecular formula is C22H27FN2O5S. The van der Waals surface area contributed by atoms with Crippen molar-refractivity contribution in [3.05, 3.63) is 53.8 Å². The van der Waals surface area contributed by atoms with E-state index in [0.29, 0.717) is 37.4 Å². The molecule has 168 valence electrons. The summed E-state index contributed by atoms with van der Waals surface area (Å²) in [6.45, 7) is 0.804. The van der Waals surface area contributed by atoms with Gasteiger partial charge in [-0.05, 0) is 54.8 Å². The summed E-state index contributed by atoms with van der Waals surface area (Å²) >= 11 is 0. The highest BCUT2D eigenvalue weighted by Crippen LogP contribution is 2.29. The number of hydrogen-bond donors (Lipinski definition) is 0. The molecule has 9 heteroatoms. The predicted octanol–water partition coefficient (Wildman–Crippen LogP) is 2.90. The van der Waals surface area contributed by atoms with Crippen molar-refractivity contribution < 1.29 is 27.1 Å². The van der Waals surface area contributed by atoms with Gasteiger partial charge < -0.3 is 14.4 Å². The lowest BCUT2D eigenvalue weighted by molar-refractivity contribution is -0.135. The second-order valence-electron chi connectivity index (χ2n) is 7.54. The first-order valence-corrected chi connectivity index (χ1v) is 11.4. The standard InChI is InChI=1S/C22H27FN2O5S/c1-24(14-16-6-11-20(29-2)21(13-16)30-3)22(26)17-5-4-12-25(15-17)31(27,28)19-9-7-18(23)8-10-19/h6-11,13,17H,4-5,12,14-15H2,1-3H3/t17-/m1/s1. The number of carbonyl (C=O) groups is 1. The molecule has 0 aliphatic carbocycles. The number of rotatable bonds is 7. The quantitative estimate of drug-likeness (QED) is 0.648. The number of sulfonamides is 1. The van der Waals surface area contributed by atoms with Gasteiger partial charge in [-0.1, -0.05) is 6.07 Å². The molecule has 31 heavy (non-hydrogen) atoms. The van der Waals surface area contributed by atoms with Crippen LogP contribution in [0.25, 0.3) is 0 Å². The zero-order chi connectivity index (χ0) is 22.6. The maximum Gasteiger partial charge on any atom is 0.243 e. The van der Waals surface area contributed by atoms with E-state index in [1.807, 2.05) is 12.1 Å². The molecule has 0 radical (unpaired) electrons. The van der Waals surface area contributed by atoms with Gasteiger partial charge in [-0.15, -0.1) is 0 Å². The number of methoxy groups -OCH3 is 2. The molecule has 1 atom stereocenters. The van der Waals surface area contributed by atoms with Crippen molar-refractivity contribution in [3.63, 3.8) is 0 Å². The van der Waals surface area contributed by atoms with E-state index in [1.54, 1.807) is 32.2 Å². The molecule has 3 rings (SSSR count). The topological polar surface area (TPSA) is 76.2 Å². The van der Waals surface area contributed by atoms with E-state index in [9.17, 15) is 17.6 Å². The number of amides is 1. The molecule has 2 aromatic rings. The zero-order valence-corrected chi connectivity index (χ0v) is 18.7. The number of ether oxygens (including phenoxy) is 2. The summed E-state index contributed by atoms with van der Waals surface area (Å²) in [4.78, 5) is 14.7. The lowest BCUT2D eigenvalue weighted by Gasteiger charge is -2.33. The summed E-state index contributed by atoms with van der Waals surface area (Å²) in [5.74, 6) is 0.134. The molecular weight excluding hydrogens is 423 g/mol. The Kier molecular flexibility index (Phi) is 7.17. The summed E-state index contributed by atoms with van der Waals surface area (Å²) in [6.07, 6.45) is 1.20. The van der Waals surface area contributed by atoms with Crippen molar-refractivity contribution in [3.8, 4) is 11.5 Å². The Morgan fingerprint density at radius 2 is 1.81 bits per heavy atom. The highest BCUT2D eigenvalue weighted by atomic mass is 32.2. The van der Waals surface area contributed by atoms with Gasteiger partial charge in [-0.3, -0.25) is 4.79 Å². The molecule has 0 unspecified atom stereocenters. The monoisotopic (exact) mass is 450 g/mol. The SMILES string of the molecule is COc1ccc(CN(C)C(=O)[C@@H]2CCCN(S(=O)(=O)c3ccc(F)cc3)C2)cc1OC. The van der Waals surface area contributed by atoms with Crippen molar-refractivity contribution in [1.82, 2.24) is 9.21 Å². The van der Waals surface area contributed by atoms with Gasteiger partial charge in [0, 0.05) is 26.7 Å². The van der Waals surface area contributed by atoms with Crippen molar-refractivity contribution in [2.75, 3.05) is 34.4 Å². The molecule has 1 aliphatic heterocycles. The predicted molar refractivity (Wildman–Crippen MR) is 114 cm³/mol. The third-order valence-electron chi connectivity index (χ3n) is 5.43. The summed E-state index contributed by atoms with van der Waals surface area (Å²) in [5, 5.41) is 0. The Morgan fingerprint density at radius 1 is 1.13 bits per heavy atom. The highest BCUT2D eigenvalue weighted by Gasteiger charge is 2.34. The molecule has 1 heterocycles. The lowest BCUT2D eigenvalue weighted by Crippen LogP contribution is -2.45. The van der Waals surface area contributed by atoms with E-state index < -0.39 is 21.8 Å². The first kappa shape index (κ1) is 23.0. The molecule has 0 N–H and O–H groups in total. The van der Waals surface area contributed by atoms with E-state index >= 15 is 0 Å². The van der Waals surface area contributed by atoms with Crippen LogP contribution >= 0.6 is 0 Å². The molecule has 1 fully saturated rings. The maximum atomic E-state index is 13.2. The molecule has 1 aliphatic rings. The maximum absolute atomic E-state index is 13.2. The van der Waals surface area contributed by atoms with Crippen LogP contribution in [0, 0.1) is 11.7 Å². The third-order valence-corrected chi connectivity index (χ3v) is 7.31. The molecule has 0 spiro atoms. The molecule has 0 aromatic heterocycles. The van der Waals surface area contributed by atoms with Crippen molar-refractivity contribution >= 4 is 15.9 Å². The fraction of sp³-hybridized carbons (Fsp3) is 0.409. The Morgan fingerprint density at radius 3 is 2.45 bits per heavy atom. The highest BCUT2D eigenvalue weighted by molar-refractivity contribution is 7.89. The van der Waals surface area contributed by atoms with Crippen molar-refractivity contribution in [1.29, 1.82) is 0 Å². The van der Waals surface area contributed by atoms with Gasteiger partial charge >= 0.3 is 0 Å². The largest absolute Gasteiger partial charge is 0.493 e. The normalized spacial score (nSPS) is 17.2. The number of nitrogens with zero attached hydrogens (tertiary/aromatic N) is 2. The van der Waals surface area contributed by atoms with Crippen LogP contribution in [0.4, 0.5) is 4.39 Å². The van der Waals surface area contributed by atoms with Crippen LogP contribution in [0.3, 0.4) is 0 Å². The molecule has 0 bridgehead atoms. The third kappa shape index (κ3) is 5.16. The van der Waals surface area contributed by atoms with Crippen LogP contribution in [-0.4, -0.2) is 57.9 Å². The average molecular weight is 451 g/mol. The second-order valence-corrected chi connectivity index (χ2v) is 9.48. The van der Waals surface area contributed by atoms with Crippen LogP contribution in [0.2, 0.25) is 0 Å². The number of halogens is 1. The molecule has 1 amide bonds. The first-order valence-electron chi connectivity index (χ1n) is 9.98. The number of hydrogen-bond acceptors (Lipinski definition) is 5. The van der Waals surface area contributed by atoms with E-state index in [2.05, 4.69) is 0 Å². The molecule has 0 saturated carbocycles. The second kappa shape index (κ2) is 9.65. The summed E-state index contributed by atoms with van der Waals surface area (Å²) in [7, 11) is 1.03. The minimum Gasteiger partial charge on any atom is -0.493 e. The first-order chi connectivity index (χ1) is 14.8. The number of benzene rings is 2. The average Bonchev–Trinajstić information content (AvgIpc) is 2.78. The Balaban J connectivity index is 1.69. The molecule has 2 aromatic carbocycles. The van der Waals surface area contributed by atoms with Crippen LogP contribution in [0.5, 0.6) is 11.5 Å². The van der Waals surface area contributed by atoms with Gasteiger partial charge in [0.15, 0.2) is 11.5 Å². The van der Waals surface area contributed by atoms with Gasteiger partial charge in [-0.2, -0.15) is 4.31 Å². The Hall–Kier alpha value is -2.65.